The number of halogens is 3. The Hall–Kier alpha value is -1.39. The molecule has 0 saturated carbocycles. The van der Waals surface area contributed by atoms with Crippen LogP contribution in [0.3, 0.4) is 0 Å². The summed E-state index contributed by atoms with van der Waals surface area (Å²) in [6.07, 6.45) is 0. The summed E-state index contributed by atoms with van der Waals surface area (Å²) in [6.45, 7) is 0. The minimum atomic E-state index is -0.377. The predicted octanol–water partition coefficient (Wildman–Crippen LogP) is 4.49. The Kier molecular flexibility index (Phi) is 3.99. The normalized spacial score (nSPS) is 10.2. The molecule has 1 amide bonds. The van der Waals surface area contributed by atoms with Crippen LogP contribution in [0.25, 0.3) is 0 Å². The van der Waals surface area contributed by atoms with Crippen LogP contribution in [0.5, 0.6) is 0 Å². The van der Waals surface area contributed by atoms with E-state index in [4.69, 9.17) is 11.6 Å². The zero-order valence-electron chi connectivity index (χ0n) is 9.08. The maximum absolute atomic E-state index is 12.9. The fraction of sp³-hybridized carbons (Fsp3) is 0. The van der Waals surface area contributed by atoms with Crippen molar-refractivity contribution in [1.82, 2.24) is 0 Å². The first kappa shape index (κ1) is 13.1. The first-order valence-electron chi connectivity index (χ1n) is 5.09. The highest BCUT2D eigenvalue weighted by molar-refractivity contribution is 9.10. The minimum absolute atomic E-state index is 0.340. The number of rotatable bonds is 2. The zero-order valence-corrected chi connectivity index (χ0v) is 11.4. The molecule has 0 aliphatic carbocycles. The van der Waals surface area contributed by atoms with Gasteiger partial charge in [0.2, 0.25) is 0 Å². The van der Waals surface area contributed by atoms with Gasteiger partial charge in [-0.3, -0.25) is 4.79 Å². The number of amides is 1. The van der Waals surface area contributed by atoms with Gasteiger partial charge in [0.1, 0.15) is 5.82 Å². The molecule has 2 nitrogen and oxygen atoms in total. The maximum Gasteiger partial charge on any atom is 0.257 e. The molecule has 0 spiro atoms. The van der Waals surface area contributed by atoms with Crippen LogP contribution >= 0.6 is 27.5 Å². The number of carbonyl (C=O) groups excluding carboxylic acids is 1. The topological polar surface area (TPSA) is 29.1 Å². The highest BCUT2D eigenvalue weighted by Crippen LogP contribution is 2.24. The molecule has 2 aromatic carbocycles. The molecule has 0 aromatic heterocycles. The molecule has 0 bridgehead atoms. The lowest BCUT2D eigenvalue weighted by Crippen LogP contribution is -2.12. The average molecular weight is 329 g/mol. The second-order valence-electron chi connectivity index (χ2n) is 3.56. The zero-order chi connectivity index (χ0) is 13.1. The lowest BCUT2D eigenvalue weighted by Gasteiger charge is -2.08. The number of carbonyl (C=O) groups is 1. The van der Waals surface area contributed by atoms with E-state index >= 15 is 0 Å². The van der Waals surface area contributed by atoms with Gasteiger partial charge in [-0.05, 0) is 46.3 Å². The van der Waals surface area contributed by atoms with Gasteiger partial charge in [0.15, 0.2) is 0 Å². The van der Waals surface area contributed by atoms with Crippen LogP contribution in [-0.4, -0.2) is 5.91 Å². The van der Waals surface area contributed by atoms with Crippen LogP contribution in [0, 0.1) is 5.82 Å². The van der Waals surface area contributed by atoms with Gasteiger partial charge in [-0.1, -0.05) is 23.7 Å². The van der Waals surface area contributed by atoms with Crippen molar-refractivity contribution in [2.24, 2.45) is 0 Å². The fourth-order valence-electron chi connectivity index (χ4n) is 1.43. The molecule has 92 valence electrons. The Labute approximate surface area is 117 Å². The smallest absolute Gasteiger partial charge is 0.257 e. The van der Waals surface area contributed by atoms with Crippen molar-refractivity contribution in [3.05, 3.63) is 63.3 Å². The van der Waals surface area contributed by atoms with Crippen molar-refractivity contribution >= 4 is 39.1 Å². The average Bonchev–Trinajstić information content (AvgIpc) is 2.33. The molecule has 0 atom stereocenters. The van der Waals surface area contributed by atoms with Crippen LogP contribution in [0.1, 0.15) is 10.4 Å². The Balaban J connectivity index is 2.24. The number of hydrogen-bond acceptors (Lipinski definition) is 1. The van der Waals surface area contributed by atoms with Crippen molar-refractivity contribution in [3.63, 3.8) is 0 Å². The standard InChI is InChI=1S/C13H8BrClFNO/c14-10-7-8(16)5-6-12(10)17-13(18)9-3-1-2-4-11(9)15/h1-7H,(H,17,18). The van der Waals surface area contributed by atoms with Gasteiger partial charge in [-0.2, -0.15) is 0 Å². The Morgan fingerprint density at radius 1 is 1.22 bits per heavy atom. The number of hydrogen-bond donors (Lipinski definition) is 1. The third kappa shape index (κ3) is 2.89. The summed E-state index contributed by atoms with van der Waals surface area (Å²) < 4.78 is 13.4. The molecule has 0 fully saturated rings. The van der Waals surface area contributed by atoms with Crippen molar-refractivity contribution in [2.75, 3.05) is 5.32 Å². The summed E-state index contributed by atoms with van der Waals surface area (Å²) >= 11 is 9.10. The van der Waals surface area contributed by atoms with E-state index in [1.807, 2.05) is 0 Å². The lowest BCUT2D eigenvalue weighted by molar-refractivity contribution is 0.102. The minimum Gasteiger partial charge on any atom is -0.321 e. The third-order valence-corrected chi connectivity index (χ3v) is 3.28. The van der Waals surface area contributed by atoms with Gasteiger partial charge in [-0.15, -0.1) is 0 Å². The second kappa shape index (κ2) is 5.50. The van der Waals surface area contributed by atoms with E-state index in [1.54, 1.807) is 24.3 Å². The largest absolute Gasteiger partial charge is 0.321 e. The number of nitrogens with one attached hydrogen (secondary N) is 1. The highest BCUT2D eigenvalue weighted by Gasteiger charge is 2.11. The van der Waals surface area contributed by atoms with Crippen LogP contribution in [0.15, 0.2) is 46.9 Å². The van der Waals surface area contributed by atoms with Crippen molar-refractivity contribution in [2.45, 2.75) is 0 Å². The SMILES string of the molecule is O=C(Nc1ccc(F)cc1Br)c1ccccc1Cl. The van der Waals surface area contributed by atoms with Crippen molar-refractivity contribution in [3.8, 4) is 0 Å². The van der Waals surface area contributed by atoms with Crippen LogP contribution < -0.4 is 5.32 Å². The Bertz CT molecular complexity index is 603. The van der Waals surface area contributed by atoms with E-state index in [0.29, 0.717) is 20.7 Å². The first-order valence-corrected chi connectivity index (χ1v) is 6.26. The molecule has 0 aliphatic rings. The molecule has 0 aliphatic heterocycles. The fourth-order valence-corrected chi connectivity index (χ4v) is 2.10. The van der Waals surface area contributed by atoms with Gasteiger partial charge in [0.05, 0.1) is 16.3 Å². The van der Waals surface area contributed by atoms with Crippen LogP contribution in [-0.2, 0) is 0 Å². The van der Waals surface area contributed by atoms with E-state index in [-0.39, 0.29) is 11.7 Å². The number of anilines is 1. The van der Waals surface area contributed by atoms with E-state index < -0.39 is 0 Å². The van der Waals surface area contributed by atoms with Crippen LogP contribution in [0.4, 0.5) is 10.1 Å². The molecule has 0 radical (unpaired) electrons. The van der Waals surface area contributed by atoms with Crippen molar-refractivity contribution in [1.29, 1.82) is 0 Å². The van der Waals surface area contributed by atoms with Crippen molar-refractivity contribution < 1.29 is 9.18 Å². The quantitative estimate of drug-likeness (QED) is 0.864. The van der Waals surface area contributed by atoms with Gasteiger partial charge in [-0.25, -0.2) is 4.39 Å². The summed E-state index contributed by atoms with van der Waals surface area (Å²) in [7, 11) is 0. The molecule has 2 rings (SSSR count). The summed E-state index contributed by atoms with van der Waals surface area (Å²) in [5.41, 5.74) is 0.858. The first-order chi connectivity index (χ1) is 8.58. The lowest BCUT2D eigenvalue weighted by atomic mass is 10.2. The Morgan fingerprint density at radius 2 is 1.94 bits per heavy atom. The van der Waals surface area contributed by atoms with Gasteiger partial charge in [0.25, 0.3) is 5.91 Å². The van der Waals surface area contributed by atoms with Crippen LogP contribution in [0.2, 0.25) is 5.02 Å². The molecule has 2 aromatic rings. The Morgan fingerprint density at radius 3 is 2.61 bits per heavy atom. The van der Waals surface area contributed by atoms with Gasteiger partial charge >= 0.3 is 0 Å². The number of benzene rings is 2. The molecule has 18 heavy (non-hydrogen) atoms. The third-order valence-electron chi connectivity index (χ3n) is 2.30. The van der Waals surface area contributed by atoms with Gasteiger partial charge in [0, 0.05) is 4.47 Å². The van der Waals surface area contributed by atoms with Gasteiger partial charge < -0.3 is 5.32 Å². The molecule has 5 heteroatoms. The predicted molar refractivity (Wildman–Crippen MR) is 73.5 cm³/mol. The molecule has 0 unspecified atom stereocenters. The maximum atomic E-state index is 12.9. The van der Waals surface area contributed by atoms with E-state index in [1.165, 1.54) is 18.2 Å². The summed E-state index contributed by atoms with van der Waals surface area (Å²) in [6, 6.07) is 10.8. The molecule has 0 saturated heterocycles. The summed E-state index contributed by atoms with van der Waals surface area (Å²) in [4.78, 5) is 12.0. The molecule has 1 N–H and O–H groups in total. The molecular weight excluding hydrogens is 321 g/mol. The van der Waals surface area contributed by atoms with E-state index in [0.717, 1.165) is 0 Å². The second-order valence-corrected chi connectivity index (χ2v) is 4.82. The van der Waals surface area contributed by atoms with E-state index in [9.17, 15) is 9.18 Å². The van der Waals surface area contributed by atoms with E-state index in [2.05, 4.69) is 21.2 Å². The molecule has 0 heterocycles. The highest BCUT2D eigenvalue weighted by atomic mass is 79.9. The monoisotopic (exact) mass is 327 g/mol. The molecular formula is C13H8BrClFNO. The summed E-state index contributed by atoms with van der Waals surface area (Å²) in [5.74, 6) is -0.717. The summed E-state index contributed by atoms with van der Waals surface area (Å²) in [5, 5.41) is 3.03.